The number of rotatable bonds is 7. The number of guanidine groups is 1. The molecule has 10 heteroatoms. The molecule has 0 spiro atoms. The van der Waals surface area contributed by atoms with Crippen molar-refractivity contribution < 1.29 is 13.3 Å². The van der Waals surface area contributed by atoms with Crippen molar-refractivity contribution in [1.29, 1.82) is 0 Å². The van der Waals surface area contributed by atoms with E-state index >= 15 is 0 Å². The first-order chi connectivity index (χ1) is 12.3. The SMILES string of the molecule is CN=C(NCCNc1ccc(S(C)(=O)=O)cc1[N+](=O)[O-])NC1CCCC1. The predicted octanol–water partition coefficient (Wildman–Crippen LogP) is 1.52. The molecule has 0 aliphatic heterocycles. The van der Waals surface area contributed by atoms with Crippen molar-refractivity contribution in [2.24, 2.45) is 4.99 Å². The van der Waals surface area contributed by atoms with Crippen molar-refractivity contribution in [2.75, 3.05) is 31.7 Å². The third-order valence-corrected chi connectivity index (χ3v) is 5.36. The van der Waals surface area contributed by atoms with Gasteiger partial charge in [-0.3, -0.25) is 15.1 Å². The maximum atomic E-state index is 11.6. The summed E-state index contributed by atoms with van der Waals surface area (Å²) < 4.78 is 23.1. The number of nitro groups is 1. The molecule has 2 rings (SSSR count). The van der Waals surface area contributed by atoms with Gasteiger partial charge in [0.1, 0.15) is 5.69 Å². The molecule has 0 saturated heterocycles. The minimum absolute atomic E-state index is 0.0750. The van der Waals surface area contributed by atoms with E-state index in [-0.39, 0.29) is 16.3 Å². The first-order valence-corrected chi connectivity index (χ1v) is 10.4. The molecule has 0 bridgehead atoms. The molecule has 26 heavy (non-hydrogen) atoms. The second-order valence-electron chi connectivity index (χ2n) is 6.26. The summed E-state index contributed by atoms with van der Waals surface area (Å²) in [5.41, 5.74) is 0.0179. The zero-order valence-electron chi connectivity index (χ0n) is 15.0. The molecule has 0 aromatic heterocycles. The fourth-order valence-electron chi connectivity index (χ4n) is 2.88. The zero-order chi connectivity index (χ0) is 19.2. The van der Waals surface area contributed by atoms with Gasteiger partial charge in [0.15, 0.2) is 15.8 Å². The van der Waals surface area contributed by atoms with E-state index in [1.54, 1.807) is 7.05 Å². The van der Waals surface area contributed by atoms with E-state index in [0.29, 0.717) is 25.1 Å². The molecular formula is C16H25N5O4S. The van der Waals surface area contributed by atoms with E-state index in [9.17, 15) is 18.5 Å². The Bertz CT molecular complexity index is 773. The summed E-state index contributed by atoms with van der Waals surface area (Å²) in [6.45, 7) is 0.932. The Hall–Kier alpha value is -2.36. The van der Waals surface area contributed by atoms with E-state index in [2.05, 4.69) is 20.9 Å². The number of nitro benzene ring substituents is 1. The fraction of sp³-hybridized carbons (Fsp3) is 0.562. The van der Waals surface area contributed by atoms with Gasteiger partial charge in [-0.2, -0.15) is 0 Å². The number of benzene rings is 1. The Kier molecular flexibility index (Phi) is 6.78. The summed E-state index contributed by atoms with van der Waals surface area (Å²) in [6.07, 6.45) is 5.74. The van der Waals surface area contributed by atoms with Crippen molar-refractivity contribution in [1.82, 2.24) is 10.6 Å². The molecule has 1 aliphatic rings. The summed E-state index contributed by atoms with van der Waals surface area (Å²) in [5, 5.41) is 20.7. The van der Waals surface area contributed by atoms with Crippen LogP contribution in [0.3, 0.4) is 0 Å². The van der Waals surface area contributed by atoms with Crippen molar-refractivity contribution in [3.8, 4) is 0 Å². The van der Waals surface area contributed by atoms with Gasteiger partial charge >= 0.3 is 0 Å². The topological polar surface area (TPSA) is 126 Å². The van der Waals surface area contributed by atoms with Gasteiger partial charge in [0.05, 0.1) is 9.82 Å². The van der Waals surface area contributed by atoms with Crippen molar-refractivity contribution >= 4 is 27.2 Å². The highest BCUT2D eigenvalue weighted by Crippen LogP contribution is 2.27. The molecule has 0 radical (unpaired) electrons. The quantitative estimate of drug-likeness (QED) is 0.214. The van der Waals surface area contributed by atoms with Gasteiger partial charge in [-0.25, -0.2) is 8.42 Å². The molecule has 1 aromatic rings. The third kappa shape index (κ3) is 5.58. The van der Waals surface area contributed by atoms with E-state index in [1.807, 2.05) is 0 Å². The molecule has 1 aliphatic carbocycles. The Labute approximate surface area is 153 Å². The Morgan fingerprint density at radius 2 is 2.00 bits per heavy atom. The number of hydrogen-bond acceptors (Lipinski definition) is 6. The predicted molar refractivity (Wildman–Crippen MR) is 101 cm³/mol. The number of aliphatic imine (C=N–C) groups is 1. The van der Waals surface area contributed by atoms with E-state index < -0.39 is 14.8 Å². The van der Waals surface area contributed by atoms with Crippen LogP contribution in [0.5, 0.6) is 0 Å². The normalized spacial score (nSPS) is 15.7. The van der Waals surface area contributed by atoms with Crippen LogP contribution < -0.4 is 16.0 Å². The van der Waals surface area contributed by atoms with E-state index in [4.69, 9.17) is 0 Å². The van der Waals surface area contributed by atoms with Crippen LogP contribution in [0, 0.1) is 10.1 Å². The van der Waals surface area contributed by atoms with Gasteiger partial charge in [0.2, 0.25) is 0 Å². The van der Waals surface area contributed by atoms with Gasteiger partial charge in [-0.05, 0) is 25.0 Å². The molecule has 1 aromatic carbocycles. The van der Waals surface area contributed by atoms with Crippen LogP contribution in [0.4, 0.5) is 11.4 Å². The van der Waals surface area contributed by atoms with E-state index in [1.165, 1.54) is 25.0 Å². The van der Waals surface area contributed by atoms with Gasteiger partial charge in [-0.15, -0.1) is 0 Å². The molecule has 0 heterocycles. The molecule has 0 atom stereocenters. The van der Waals surface area contributed by atoms with Crippen LogP contribution in [0.25, 0.3) is 0 Å². The molecule has 9 nitrogen and oxygen atoms in total. The lowest BCUT2D eigenvalue weighted by atomic mass is 10.2. The number of hydrogen-bond donors (Lipinski definition) is 3. The molecule has 1 saturated carbocycles. The lowest BCUT2D eigenvalue weighted by Gasteiger charge is -2.17. The fourth-order valence-corrected chi connectivity index (χ4v) is 3.52. The molecular weight excluding hydrogens is 358 g/mol. The number of anilines is 1. The molecule has 144 valence electrons. The highest BCUT2D eigenvalue weighted by molar-refractivity contribution is 7.90. The molecule has 3 N–H and O–H groups in total. The first kappa shape index (κ1) is 20.0. The first-order valence-electron chi connectivity index (χ1n) is 8.51. The van der Waals surface area contributed by atoms with Crippen LogP contribution in [-0.4, -0.2) is 51.7 Å². The average Bonchev–Trinajstić information content (AvgIpc) is 3.09. The van der Waals surface area contributed by atoms with Crippen molar-refractivity contribution in [2.45, 2.75) is 36.6 Å². The summed E-state index contributed by atoms with van der Waals surface area (Å²) in [6, 6.07) is 4.29. The second-order valence-corrected chi connectivity index (χ2v) is 8.28. The highest BCUT2D eigenvalue weighted by Gasteiger charge is 2.19. The Morgan fingerprint density at radius 1 is 1.31 bits per heavy atom. The maximum Gasteiger partial charge on any atom is 0.293 e. The zero-order valence-corrected chi connectivity index (χ0v) is 15.8. The molecule has 1 fully saturated rings. The van der Waals surface area contributed by atoms with Gasteiger partial charge in [0.25, 0.3) is 5.69 Å². The average molecular weight is 383 g/mol. The number of nitrogens with zero attached hydrogens (tertiary/aromatic N) is 2. The largest absolute Gasteiger partial charge is 0.378 e. The third-order valence-electron chi connectivity index (χ3n) is 4.25. The van der Waals surface area contributed by atoms with Gasteiger partial charge < -0.3 is 16.0 Å². The van der Waals surface area contributed by atoms with Crippen molar-refractivity contribution in [3.05, 3.63) is 28.3 Å². The van der Waals surface area contributed by atoms with Gasteiger partial charge in [-0.1, -0.05) is 12.8 Å². The highest BCUT2D eigenvalue weighted by atomic mass is 32.2. The van der Waals surface area contributed by atoms with Crippen LogP contribution >= 0.6 is 0 Å². The van der Waals surface area contributed by atoms with Crippen LogP contribution in [-0.2, 0) is 9.84 Å². The summed E-state index contributed by atoms with van der Waals surface area (Å²) in [4.78, 5) is 14.7. The van der Waals surface area contributed by atoms with Crippen LogP contribution in [0.2, 0.25) is 0 Å². The Balaban J connectivity index is 1.91. The van der Waals surface area contributed by atoms with E-state index in [0.717, 1.165) is 25.2 Å². The lowest BCUT2D eigenvalue weighted by molar-refractivity contribution is -0.384. The maximum absolute atomic E-state index is 11.6. The van der Waals surface area contributed by atoms with Crippen LogP contribution in [0.15, 0.2) is 28.1 Å². The standard InChI is InChI=1S/C16H25N5O4S/c1-17-16(20-12-5-3-4-6-12)19-10-9-18-14-8-7-13(26(2,24)25)11-15(14)21(22)23/h7-8,11-12,18H,3-6,9-10H2,1-2H3,(H2,17,19,20). The summed E-state index contributed by atoms with van der Waals surface area (Å²) in [7, 11) is -1.79. The van der Waals surface area contributed by atoms with Crippen LogP contribution in [0.1, 0.15) is 25.7 Å². The smallest absolute Gasteiger partial charge is 0.293 e. The molecule has 0 amide bonds. The minimum Gasteiger partial charge on any atom is -0.378 e. The number of sulfone groups is 1. The van der Waals surface area contributed by atoms with Gasteiger partial charge in [0, 0.05) is 38.5 Å². The second kappa shape index (κ2) is 8.84. The molecule has 0 unspecified atom stereocenters. The lowest BCUT2D eigenvalue weighted by Crippen LogP contribution is -2.43. The Morgan fingerprint density at radius 3 is 2.58 bits per heavy atom. The minimum atomic E-state index is -3.50. The van der Waals surface area contributed by atoms with Crippen molar-refractivity contribution in [3.63, 3.8) is 0 Å². The number of nitrogens with one attached hydrogen (secondary N) is 3. The summed E-state index contributed by atoms with van der Waals surface area (Å²) in [5.74, 6) is 0.709. The monoisotopic (exact) mass is 383 g/mol. The summed E-state index contributed by atoms with van der Waals surface area (Å²) >= 11 is 0.